The fraction of sp³-hybridized carbons (Fsp3) is 0.267. The van der Waals surface area contributed by atoms with E-state index in [-0.39, 0.29) is 11.4 Å². The van der Waals surface area contributed by atoms with Crippen molar-refractivity contribution in [3.05, 3.63) is 40.2 Å². The van der Waals surface area contributed by atoms with Gasteiger partial charge in [-0.05, 0) is 0 Å². The van der Waals surface area contributed by atoms with Crippen molar-refractivity contribution in [1.29, 1.82) is 0 Å². The van der Waals surface area contributed by atoms with Crippen molar-refractivity contribution in [1.82, 2.24) is 4.57 Å². The number of aromatic nitrogens is 1. The Morgan fingerprint density at radius 1 is 1.12 bits per heavy atom. The van der Waals surface area contributed by atoms with E-state index >= 15 is 0 Å². The fourth-order valence-electron chi connectivity index (χ4n) is 2.22. The van der Waals surface area contributed by atoms with E-state index in [1.807, 2.05) is 0 Å². The summed E-state index contributed by atoms with van der Waals surface area (Å²) in [7, 11) is 5.95. The number of nitrogens with one attached hydrogen (secondary N) is 1. The molecule has 2 rings (SSSR count). The van der Waals surface area contributed by atoms with Gasteiger partial charge in [0.25, 0.3) is 11.6 Å². The zero-order valence-electron chi connectivity index (χ0n) is 13.7. The number of nitro groups is 1. The maximum absolute atomic E-state index is 12.4. The summed E-state index contributed by atoms with van der Waals surface area (Å²) >= 11 is 0. The number of ether oxygens (including phenoxy) is 3. The highest BCUT2D eigenvalue weighted by molar-refractivity contribution is 6.04. The van der Waals surface area contributed by atoms with E-state index in [2.05, 4.69) is 5.32 Å². The van der Waals surface area contributed by atoms with Crippen molar-refractivity contribution in [2.24, 2.45) is 7.05 Å². The Morgan fingerprint density at radius 2 is 1.71 bits per heavy atom. The van der Waals surface area contributed by atoms with Crippen LogP contribution in [0.1, 0.15) is 10.5 Å². The lowest BCUT2D eigenvalue weighted by atomic mass is 10.2. The number of benzene rings is 1. The van der Waals surface area contributed by atoms with Gasteiger partial charge in [0.1, 0.15) is 5.69 Å². The second-order valence-electron chi connectivity index (χ2n) is 4.82. The number of rotatable bonds is 6. The van der Waals surface area contributed by atoms with Crippen molar-refractivity contribution >= 4 is 17.3 Å². The molecule has 0 unspecified atom stereocenters. The average Bonchev–Trinajstić information content (AvgIpc) is 2.96. The first-order valence-electron chi connectivity index (χ1n) is 6.83. The van der Waals surface area contributed by atoms with Crippen molar-refractivity contribution in [2.75, 3.05) is 26.6 Å². The number of nitrogens with zero attached hydrogens (tertiary/aromatic N) is 2. The minimum atomic E-state index is -0.559. The highest BCUT2D eigenvalue weighted by Crippen LogP contribution is 2.40. The number of carbonyl (C=O) groups excluding carboxylic acids is 1. The molecule has 9 nitrogen and oxygen atoms in total. The van der Waals surface area contributed by atoms with Gasteiger partial charge in [-0.2, -0.15) is 0 Å². The molecule has 2 aromatic rings. The van der Waals surface area contributed by atoms with Gasteiger partial charge in [-0.1, -0.05) is 0 Å². The predicted molar refractivity (Wildman–Crippen MR) is 86.1 cm³/mol. The molecule has 0 radical (unpaired) electrons. The minimum absolute atomic E-state index is 0.149. The van der Waals surface area contributed by atoms with Gasteiger partial charge in [-0.3, -0.25) is 14.9 Å². The Morgan fingerprint density at radius 3 is 2.12 bits per heavy atom. The predicted octanol–water partition coefficient (Wildman–Crippen LogP) is 2.21. The zero-order chi connectivity index (χ0) is 17.9. The summed E-state index contributed by atoms with van der Waals surface area (Å²) in [6.07, 6.45) is 1.27. The number of amides is 1. The van der Waals surface area contributed by atoms with Crippen LogP contribution in [0.3, 0.4) is 0 Å². The van der Waals surface area contributed by atoms with Gasteiger partial charge in [0.05, 0.1) is 32.4 Å². The third-order valence-electron chi connectivity index (χ3n) is 3.36. The van der Waals surface area contributed by atoms with Crippen LogP contribution in [-0.2, 0) is 7.05 Å². The Balaban J connectivity index is 2.33. The van der Waals surface area contributed by atoms with Crippen molar-refractivity contribution in [2.45, 2.75) is 0 Å². The zero-order valence-corrected chi connectivity index (χ0v) is 13.7. The van der Waals surface area contributed by atoms with E-state index in [9.17, 15) is 14.9 Å². The number of anilines is 1. The van der Waals surface area contributed by atoms with Crippen LogP contribution in [0.4, 0.5) is 11.4 Å². The quantitative estimate of drug-likeness (QED) is 0.641. The standard InChI is InChI=1S/C15H17N3O6/c1-17-8-10(18(20)21)7-11(17)15(19)16-9-5-12(22-2)14(24-4)13(6-9)23-3/h5-8H,1-4H3,(H,16,19). The van der Waals surface area contributed by atoms with Crippen LogP contribution in [-0.4, -0.2) is 36.7 Å². The van der Waals surface area contributed by atoms with Crippen LogP contribution in [0.5, 0.6) is 17.2 Å². The third-order valence-corrected chi connectivity index (χ3v) is 3.36. The molecule has 1 aromatic heterocycles. The molecule has 1 amide bonds. The smallest absolute Gasteiger partial charge is 0.287 e. The summed E-state index contributed by atoms with van der Waals surface area (Å²) in [5.41, 5.74) is 0.390. The van der Waals surface area contributed by atoms with E-state index in [1.165, 1.54) is 38.2 Å². The lowest BCUT2D eigenvalue weighted by Crippen LogP contribution is -2.15. The largest absolute Gasteiger partial charge is 0.493 e. The van der Waals surface area contributed by atoms with Crippen molar-refractivity contribution in [3.8, 4) is 17.2 Å². The van der Waals surface area contributed by atoms with Crippen LogP contribution in [0.2, 0.25) is 0 Å². The van der Waals surface area contributed by atoms with E-state index in [0.717, 1.165) is 0 Å². The molecule has 0 aliphatic rings. The SMILES string of the molecule is COc1cc(NC(=O)c2cc([N+](=O)[O-])cn2C)cc(OC)c1OC. The van der Waals surface area contributed by atoms with Crippen molar-refractivity contribution < 1.29 is 23.9 Å². The van der Waals surface area contributed by atoms with Crippen molar-refractivity contribution in [3.63, 3.8) is 0 Å². The third kappa shape index (κ3) is 3.24. The summed E-state index contributed by atoms with van der Waals surface area (Å²) in [5.74, 6) is 0.655. The molecule has 128 valence electrons. The summed E-state index contributed by atoms with van der Waals surface area (Å²) < 4.78 is 17.0. The number of hydrogen-bond donors (Lipinski definition) is 1. The van der Waals surface area contributed by atoms with Crippen LogP contribution in [0.15, 0.2) is 24.4 Å². The Labute approximate surface area is 137 Å². The Hall–Kier alpha value is -3.23. The molecular weight excluding hydrogens is 318 g/mol. The van der Waals surface area contributed by atoms with Gasteiger partial charge in [0, 0.05) is 30.9 Å². The number of hydrogen-bond acceptors (Lipinski definition) is 6. The summed E-state index contributed by atoms with van der Waals surface area (Å²) in [5, 5.41) is 13.5. The number of methoxy groups -OCH3 is 3. The minimum Gasteiger partial charge on any atom is -0.493 e. The van der Waals surface area contributed by atoms with Gasteiger partial charge in [-0.25, -0.2) is 0 Å². The maximum Gasteiger partial charge on any atom is 0.287 e. The van der Waals surface area contributed by atoms with Gasteiger partial charge >= 0.3 is 0 Å². The molecule has 24 heavy (non-hydrogen) atoms. The van der Waals surface area contributed by atoms with E-state index in [4.69, 9.17) is 14.2 Å². The summed E-state index contributed by atoms with van der Waals surface area (Å²) in [6, 6.07) is 4.33. The van der Waals surface area contributed by atoms with Gasteiger partial charge in [-0.15, -0.1) is 0 Å². The van der Waals surface area contributed by atoms with E-state index in [0.29, 0.717) is 22.9 Å². The molecule has 0 bridgehead atoms. The van der Waals surface area contributed by atoms with Gasteiger partial charge in [0.15, 0.2) is 11.5 Å². The van der Waals surface area contributed by atoms with Crippen LogP contribution in [0, 0.1) is 10.1 Å². The molecule has 0 atom stereocenters. The summed E-state index contributed by atoms with van der Waals surface area (Å²) in [4.78, 5) is 22.6. The highest BCUT2D eigenvalue weighted by atomic mass is 16.6. The average molecular weight is 335 g/mol. The first-order chi connectivity index (χ1) is 11.4. The topological polar surface area (TPSA) is 105 Å². The van der Waals surface area contributed by atoms with Crippen LogP contribution in [0.25, 0.3) is 0 Å². The molecule has 0 aliphatic carbocycles. The molecule has 1 heterocycles. The first kappa shape index (κ1) is 17.1. The monoisotopic (exact) mass is 335 g/mol. The number of aryl methyl sites for hydroxylation is 1. The Bertz CT molecular complexity index is 759. The van der Waals surface area contributed by atoms with Gasteiger partial charge in [0.2, 0.25) is 5.75 Å². The molecule has 1 N–H and O–H groups in total. The molecule has 0 spiro atoms. The second kappa shape index (κ2) is 6.90. The molecule has 0 fully saturated rings. The van der Waals surface area contributed by atoms with Crippen LogP contribution >= 0.6 is 0 Å². The first-order valence-corrected chi connectivity index (χ1v) is 6.83. The molecule has 0 saturated carbocycles. The van der Waals surface area contributed by atoms with Gasteiger partial charge < -0.3 is 24.1 Å². The lowest BCUT2D eigenvalue weighted by Gasteiger charge is -2.14. The van der Waals surface area contributed by atoms with Crippen LogP contribution < -0.4 is 19.5 Å². The number of carbonyl (C=O) groups is 1. The second-order valence-corrected chi connectivity index (χ2v) is 4.82. The Kier molecular flexibility index (Phi) is 4.93. The van der Waals surface area contributed by atoms with E-state index in [1.54, 1.807) is 19.2 Å². The highest BCUT2D eigenvalue weighted by Gasteiger charge is 2.19. The molecule has 9 heteroatoms. The fourth-order valence-corrected chi connectivity index (χ4v) is 2.22. The summed E-state index contributed by atoms with van der Waals surface area (Å²) in [6.45, 7) is 0. The molecule has 0 aliphatic heterocycles. The lowest BCUT2D eigenvalue weighted by molar-refractivity contribution is -0.384. The van der Waals surface area contributed by atoms with E-state index < -0.39 is 10.8 Å². The molecular formula is C15H17N3O6. The molecule has 0 saturated heterocycles. The molecule has 1 aromatic carbocycles. The normalized spacial score (nSPS) is 10.2. The maximum atomic E-state index is 12.4.